The summed E-state index contributed by atoms with van der Waals surface area (Å²) in [5.41, 5.74) is 3.92. The predicted molar refractivity (Wildman–Crippen MR) is 114 cm³/mol. The third kappa shape index (κ3) is 3.25. The van der Waals surface area contributed by atoms with Crippen molar-refractivity contribution in [2.75, 3.05) is 19.7 Å². The number of amides is 1. The zero-order valence-corrected chi connectivity index (χ0v) is 16.7. The van der Waals surface area contributed by atoms with E-state index in [0.717, 1.165) is 22.3 Å². The van der Waals surface area contributed by atoms with Crippen molar-refractivity contribution in [1.29, 1.82) is 0 Å². The van der Waals surface area contributed by atoms with Gasteiger partial charge in [-0.15, -0.1) is 0 Å². The number of hydrogen-bond donors (Lipinski definition) is 2. The fraction of sp³-hybridized carbons (Fsp3) is 0.200. The molecular weight excluding hydrogens is 394 g/mol. The number of carboxylic acids is 1. The van der Waals surface area contributed by atoms with Gasteiger partial charge in [0.25, 0.3) is 0 Å². The highest BCUT2D eigenvalue weighted by Crippen LogP contribution is 2.44. The van der Waals surface area contributed by atoms with Crippen molar-refractivity contribution < 1.29 is 24.5 Å². The van der Waals surface area contributed by atoms with Crippen molar-refractivity contribution in [2.45, 2.75) is 11.5 Å². The first-order valence-corrected chi connectivity index (χ1v) is 10.1. The molecule has 0 radical (unpaired) electrons. The highest BCUT2D eigenvalue weighted by molar-refractivity contribution is 5.87. The number of likely N-dealkylation sites (tertiary alicyclic amines) is 1. The van der Waals surface area contributed by atoms with Crippen molar-refractivity contribution in [2.24, 2.45) is 0 Å². The van der Waals surface area contributed by atoms with Gasteiger partial charge in [-0.1, -0.05) is 60.7 Å². The standard InChI is InChI=1S/C25H21NO5/c27-23(28)16-6-5-7-17(12-16)25(30)14-26(15-25)24(29)31-13-22-20-10-3-1-8-18(20)19-9-2-4-11-21(19)22/h1-12,22,30H,13-15H2,(H,27,28). The molecule has 1 fully saturated rings. The van der Waals surface area contributed by atoms with Gasteiger partial charge in [0, 0.05) is 5.92 Å². The van der Waals surface area contributed by atoms with Crippen LogP contribution >= 0.6 is 0 Å². The molecule has 5 rings (SSSR count). The average molecular weight is 415 g/mol. The number of aliphatic hydroxyl groups is 1. The molecule has 1 aliphatic carbocycles. The first-order chi connectivity index (χ1) is 15.0. The first-order valence-electron chi connectivity index (χ1n) is 10.1. The minimum absolute atomic E-state index is 0.0243. The van der Waals surface area contributed by atoms with Crippen molar-refractivity contribution in [3.8, 4) is 11.1 Å². The number of ether oxygens (including phenoxy) is 1. The Morgan fingerprint density at radius 3 is 2.16 bits per heavy atom. The Labute approximate surface area is 179 Å². The molecule has 0 bridgehead atoms. The molecule has 1 aliphatic heterocycles. The minimum Gasteiger partial charge on any atom is -0.478 e. The fourth-order valence-corrected chi connectivity index (χ4v) is 4.52. The van der Waals surface area contributed by atoms with Gasteiger partial charge >= 0.3 is 12.1 Å². The van der Waals surface area contributed by atoms with Crippen LogP contribution in [0.1, 0.15) is 33.0 Å². The van der Waals surface area contributed by atoms with E-state index in [0.29, 0.717) is 5.56 Å². The van der Waals surface area contributed by atoms with Gasteiger partial charge in [-0.3, -0.25) is 0 Å². The molecule has 0 unspecified atom stereocenters. The van der Waals surface area contributed by atoms with Crippen LogP contribution in [0.3, 0.4) is 0 Å². The monoisotopic (exact) mass is 415 g/mol. The Morgan fingerprint density at radius 2 is 1.55 bits per heavy atom. The molecular formula is C25H21NO5. The van der Waals surface area contributed by atoms with Crippen molar-refractivity contribution in [3.05, 3.63) is 95.1 Å². The van der Waals surface area contributed by atoms with Crippen LogP contribution in [-0.4, -0.2) is 46.9 Å². The van der Waals surface area contributed by atoms with Crippen molar-refractivity contribution >= 4 is 12.1 Å². The smallest absolute Gasteiger partial charge is 0.410 e. The van der Waals surface area contributed by atoms with E-state index in [1.165, 1.54) is 17.0 Å². The maximum absolute atomic E-state index is 12.6. The van der Waals surface area contributed by atoms with Crippen molar-refractivity contribution in [3.63, 3.8) is 0 Å². The lowest BCUT2D eigenvalue weighted by molar-refractivity contribution is -0.0943. The third-order valence-electron chi connectivity index (χ3n) is 6.15. The zero-order valence-electron chi connectivity index (χ0n) is 16.7. The van der Waals surface area contributed by atoms with Gasteiger partial charge in [0.15, 0.2) is 0 Å². The molecule has 156 valence electrons. The first kappa shape index (κ1) is 19.3. The van der Waals surface area contributed by atoms with Crippen LogP contribution in [0.2, 0.25) is 0 Å². The third-order valence-corrected chi connectivity index (χ3v) is 6.15. The van der Waals surface area contributed by atoms with Gasteiger partial charge in [-0.05, 0) is 39.9 Å². The predicted octanol–water partition coefficient (Wildman–Crippen LogP) is 3.84. The Bertz CT molecular complexity index is 1140. The summed E-state index contributed by atoms with van der Waals surface area (Å²) in [5.74, 6) is -1.08. The van der Waals surface area contributed by atoms with Crippen LogP contribution in [0, 0.1) is 0 Å². The number of hydrogen-bond acceptors (Lipinski definition) is 4. The van der Waals surface area contributed by atoms with Crippen LogP contribution in [0.4, 0.5) is 4.79 Å². The molecule has 1 heterocycles. The van der Waals surface area contributed by atoms with Gasteiger partial charge < -0.3 is 19.8 Å². The van der Waals surface area contributed by atoms with E-state index in [1.54, 1.807) is 12.1 Å². The molecule has 1 amide bonds. The molecule has 6 heteroatoms. The molecule has 3 aromatic carbocycles. The Hall–Kier alpha value is -3.64. The molecule has 31 heavy (non-hydrogen) atoms. The second-order valence-corrected chi connectivity index (χ2v) is 8.08. The molecule has 2 N–H and O–H groups in total. The van der Waals surface area contributed by atoms with Crippen LogP contribution in [0.25, 0.3) is 11.1 Å². The average Bonchev–Trinajstić information content (AvgIpc) is 3.09. The van der Waals surface area contributed by atoms with Gasteiger partial charge in [-0.25, -0.2) is 9.59 Å². The fourth-order valence-electron chi connectivity index (χ4n) is 4.52. The summed E-state index contributed by atoms with van der Waals surface area (Å²) in [4.78, 5) is 25.2. The molecule has 6 nitrogen and oxygen atoms in total. The van der Waals surface area contributed by atoms with E-state index in [9.17, 15) is 14.7 Å². The lowest BCUT2D eigenvalue weighted by atomic mass is 9.85. The SMILES string of the molecule is O=C(O)c1cccc(C2(O)CN(C(=O)OCC3c4ccccc4-c4ccccc43)C2)c1. The quantitative estimate of drug-likeness (QED) is 0.676. The summed E-state index contributed by atoms with van der Waals surface area (Å²) >= 11 is 0. The van der Waals surface area contributed by atoms with E-state index in [1.807, 2.05) is 24.3 Å². The van der Waals surface area contributed by atoms with Gasteiger partial charge in [0.05, 0.1) is 18.7 Å². The number of nitrogens with zero attached hydrogens (tertiary/aromatic N) is 1. The number of fused-ring (bicyclic) bond motifs is 3. The topological polar surface area (TPSA) is 87.1 Å². The van der Waals surface area contributed by atoms with Crippen molar-refractivity contribution in [1.82, 2.24) is 4.90 Å². The molecule has 0 spiro atoms. The number of β-amino-alcohol motifs (C(OH)–C–C–N with tert-alkyl or cyclic N) is 1. The van der Waals surface area contributed by atoms with E-state index in [2.05, 4.69) is 24.3 Å². The summed E-state index contributed by atoms with van der Waals surface area (Å²) in [7, 11) is 0. The zero-order chi connectivity index (χ0) is 21.6. The van der Waals surface area contributed by atoms with E-state index in [-0.39, 0.29) is 31.2 Å². The van der Waals surface area contributed by atoms with E-state index >= 15 is 0 Å². The van der Waals surface area contributed by atoms with Gasteiger partial charge in [0.1, 0.15) is 12.2 Å². The minimum atomic E-state index is -1.27. The molecule has 0 saturated carbocycles. The largest absolute Gasteiger partial charge is 0.478 e. The number of carbonyl (C=O) groups is 2. The maximum atomic E-state index is 12.6. The summed E-state index contributed by atoms with van der Waals surface area (Å²) in [6, 6.07) is 22.4. The Balaban J connectivity index is 1.26. The number of carbonyl (C=O) groups excluding carboxylic acids is 1. The van der Waals surface area contributed by atoms with E-state index < -0.39 is 17.7 Å². The maximum Gasteiger partial charge on any atom is 0.410 e. The summed E-state index contributed by atoms with van der Waals surface area (Å²) in [5, 5.41) is 20.0. The molecule has 3 aromatic rings. The summed E-state index contributed by atoms with van der Waals surface area (Å²) < 4.78 is 5.62. The molecule has 1 saturated heterocycles. The highest BCUT2D eigenvalue weighted by atomic mass is 16.6. The second-order valence-electron chi connectivity index (χ2n) is 8.08. The van der Waals surface area contributed by atoms with Gasteiger partial charge in [-0.2, -0.15) is 0 Å². The molecule has 0 atom stereocenters. The van der Waals surface area contributed by atoms with E-state index in [4.69, 9.17) is 9.84 Å². The second kappa shape index (κ2) is 7.25. The normalized spacial score (nSPS) is 16.2. The van der Waals surface area contributed by atoms with Crippen LogP contribution in [0.5, 0.6) is 0 Å². The summed E-state index contributed by atoms with van der Waals surface area (Å²) in [6.07, 6.45) is -0.485. The Morgan fingerprint density at radius 1 is 0.935 bits per heavy atom. The molecule has 2 aliphatic rings. The number of carboxylic acid groups (broad SMARTS) is 1. The Kier molecular flexibility index (Phi) is 4.52. The highest BCUT2D eigenvalue weighted by Gasteiger charge is 2.46. The number of benzene rings is 3. The molecule has 0 aromatic heterocycles. The number of rotatable bonds is 4. The van der Waals surface area contributed by atoms with Crippen LogP contribution in [-0.2, 0) is 10.3 Å². The number of aromatic carboxylic acids is 1. The van der Waals surface area contributed by atoms with Gasteiger partial charge in [0.2, 0.25) is 0 Å². The van der Waals surface area contributed by atoms with Crippen LogP contribution < -0.4 is 0 Å². The summed E-state index contributed by atoms with van der Waals surface area (Å²) in [6.45, 7) is 0.343. The lowest BCUT2D eigenvalue weighted by Gasteiger charge is -2.46. The lowest BCUT2D eigenvalue weighted by Crippen LogP contribution is -2.61. The van der Waals surface area contributed by atoms with Crippen LogP contribution in [0.15, 0.2) is 72.8 Å².